The van der Waals surface area contributed by atoms with Crippen LogP contribution in [0.5, 0.6) is 0 Å². The zero-order valence-corrected chi connectivity index (χ0v) is 15.3. The van der Waals surface area contributed by atoms with E-state index in [9.17, 15) is 4.79 Å². The minimum Gasteiger partial charge on any atom is -0.383 e. The van der Waals surface area contributed by atoms with Gasteiger partial charge in [-0.05, 0) is 36.4 Å². The van der Waals surface area contributed by atoms with E-state index >= 15 is 0 Å². The van der Waals surface area contributed by atoms with Gasteiger partial charge in [0.15, 0.2) is 0 Å². The first kappa shape index (κ1) is 17.4. The number of halogens is 1. The highest BCUT2D eigenvalue weighted by Gasteiger charge is 2.39. The fourth-order valence-corrected chi connectivity index (χ4v) is 3.91. The third-order valence-corrected chi connectivity index (χ3v) is 5.43. The van der Waals surface area contributed by atoms with Crippen LogP contribution in [0, 0.1) is 11.3 Å². The molecule has 1 amide bonds. The van der Waals surface area contributed by atoms with Gasteiger partial charge in [-0.25, -0.2) is 4.99 Å². The van der Waals surface area contributed by atoms with Crippen molar-refractivity contribution in [1.82, 2.24) is 4.90 Å². The Hall–Kier alpha value is -3.04. The summed E-state index contributed by atoms with van der Waals surface area (Å²) in [6.07, 6.45) is 1.31. The fourth-order valence-electron chi connectivity index (χ4n) is 3.64. The van der Waals surface area contributed by atoms with Gasteiger partial charge in [-0.3, -0.25) is 4.79 Å². The van der Waals surface area contributed by atoms with E-state index in [0.29, 0.717) is 47.9 Å². The van der Waals surface area contributed by atoms with Crippen LogP contribution < -0.4 is 11.1 Å². The Morgan fingerprint density at radius 2 is 1.93 bits per heavy atom. The van der Waals surface area contributed by atoms with Gasteiger partial charge >= 0.3 is 0 Å². The maximum Gasteiger partial charge on any atom is 0.253 e. The SMILES string of the molecule is N#Cc1ccc(C(=O)N2CCC3(CC2)N=C(N)c2c(Cl)cccc2N3)cc1. The topological polar surface area (TPSA) is 94.5 Å². The van der Waals surface area contributed by atoms with Crippen LogP contribution in [0.25, 0.3) is 0 Å². The summed E-state index contributed by atoms with van der Waals surface area (Å²) in [4.78, 5) is 19.2. The predicted molar refractivity (Wildman–Crippen MR) is 105 cm³/mol. The highest BCUT2D eigenvalue weighted by molar-refractivity contribution is 6.35. The third-order valence-electron chi connectivity index (χ3n) is 5.11. The molecule has 0 bridgehead atoms. The van der Waals surface area contributed by atoms with Crippen molar-refractivity contribution < 1.29 is 4.79 Å². The van der Waals surface area contributed by atoms with Crippen molar-refractivity contribution in [2.75, 3.05) is 18.4 Å². The van der Waals surface area contributed by atoms with Crippen LogP contribution in [0.3, 0.4) is 0 Å². The molecule has 2 aliphatic rings. The van der Waals surface area contributed by atoms with Crippen LogP contribution in [0.15, 0.2) is 47.5 Å². The summed E-state index contributed by atoms with van der Waals surface area (Å²) in [7, 11) is 0. The fraction of sp³-hybridized carbons (Fsp3) is 0.250. The third kappa shape index (κ3) is 3.11. The number of aliphatic imine (C=N–C) groups is 1. The summed E-state index contributed by atoms with van der Waals surface area (Å²) >= 11 is 6.24. The number of likely N-dealkylation sites (tertiary alicyclic amines) is 1. The Morgan fingerprint density at radius 3 is 2.59 bits per heavy atom. The molecule has 27 heavy (non-hydrogen) atoms. The molecule has 2 aromatic rings. The average molecular weight is 380 g/mol. The number of nitrogens with zero attached hydrogens (tertiary/aromatic N) is 3. The van der Waals surface area contributed by atoms with E-state index in [0.717, 1.165) is 11.3 Å². The number of piperidine rings is 1. The standard InChI is InChI=1S/C20H18ClN5O/c21-15-2-1-3-16-17(15)18(23)25-20(24-16)8-10-26(11-9-20)19(27)14-6-4-13(12-22)5-7-14/h1-7,24H,8-11H2,(H2,23,25). The zero-order chi connectivity index (χ0) is 19.0. The number of benzene rings is 2. The molecule has 0 aromatic heterocycles. The second kappa shape index (κ2) is 6.60. The van der Waals surface area contributed by atoms with Crippen LogP contribution in [0.2, 0.25) is 5.02 Å². The molecule has 2 aliphatic heterocycles. The van der Waals surface area contributed by atoms with Gasteiger partial charge < -0.3 is 16.0 Å². The van der Waals surface area contributed by atoms with E-state index < -0.39 is 5.66 Å². The molecular weight excluding hydrogens is 362 g/mol. The van der Waals surface area contributed by atoms with E-state index in [4.69, 9.17) is 22.6 Å². The minimum absolute atomic E-state index is 0.0365. The van der Waals surface area contributed by atoms with Crippen LogP contribution in [0.1, 0.15) is 34.3 Å². The van der Waals surface area contributed by atoms with Crippen molar-refractivity contribution in [3.8, 4) is 6.07 Å². The van der Waals surface area contributed by atoms with E-state index in [2.05, 4.69) is 16.4 Å². The van der Waals surface area contributed by atoms with Crippen LogP contribution in [-0.2, 0) is 0 Å². The van der Waals surface area contributed by atoms with Crippen molar-refractivity contribution in [2.24, 2.45) is 10.7 Å². The molecule has 1 fully saturated rings. The predicted octanol–water partition coefficient (Wildman–Crippen LogP) is 2.97. The van der Waals surface area contributed by atoms with Gasteiger partial charge in [0.2, 0.25) is 0 Å². The first-order chi connectivity index (χ1) is 13.0. The number of nitrogens with two attached hydrogens (primary N) is 1. The lowest BCUT2D eigenvalue weighted by atomic mass is 9.93. The molecule has 0 atom stereocenters. The number of nitrogens with one attached hydrogen (secondary N) is 1. The Labute approximate surface area is 162 Å². The van der Waals surface area contributed by atoms with E-state index in [-0.39, 0.29) is 5.91 Å². The second-order valence-corrected chi connectivity index (χ2v) is 7.20. The lowest BCUT2D eigenvalue weighted by Gasteiger charge is -2.42. The number of carbonyl (C=O) groups excluding carboxylic acids is 1. The maximum atomic E-state index is 12.7. The lowest BCUT2D eigenvalue weighted by molar-refractivity contribution is 0.0685. The summed E-state index contributed by atoms with van der Waals surface area (Å²) in [5.74, 6) is 0.395. The molecule has 0 unspecified atom stereocenters. The van der Waals surface area contributed by atoms with E-state index in [1.807, 2.05) is 17.0 Å². The summed E-state index contributed by atoms with van der Waals surface area (Å²) in [5, 5.41) is 12.9. The number of amides is 1. The molecule has 0 aliphatic carbocycles. The molecule has 1 saturated heterocycles. The van der Waals surface area contributed by atoms with E-state index in [1.165, 1.54) is 0 Å². The number of nitriles is 1. The number of hydrogen-bond donors (Lipinski definition) is 2. The molecule has 2 aromatic carbocycles. The number of anilines is 1. The van der Waals surface area contributed by atoms with Crippen molar-refractivity contribution in [2.45, 2.75) is 18.5 Å². The molecule has 136 valence electrons. The average Bonchev–Trinajstić information content (AvgIpc) is 2.68. The normalized spacial score (nSPS) is 17.5. The van der Waals surface area contributed by atoms with Gasteiger partial charge in [-0.1, -0.05) is 17.7 Å². The summed E-state index contributed by atoms with van der Waals surface area (Å²) < 4.78 is 0. The van der Waals surface area contributed by atoms with Crippen LogP contribution in [0.4, 0.5) is 5.69 Å². The first-order valence-corrected chi connectivity index (χ1v) is 9.11. The Morgan fingerprint density at radius 1 is 1.22 bits per heavy atom. The van der Waals surface area contributed by atoms with Crippen molar-refractivity contribution in [3.05, 3.63) is 64.2 Å². The summed E-state index contributed by atoms with van der Waals surface area (Å²) in [6.45, 7) is 1.14. The molecular formula is C20H18ClN5O. The van der Waals surface area contributed by atoms with Crippen LogP contribution >= 0.6 is 11.6 Å². The van der Waals surface area contributed by atoms with Gasteiger partial charge in [-0.2, -0.15) is 5.26 Å². The number of amidine groups is 1. The molecule has 1 spiro atoms. The van der Waals surface area contributed by atoms with Gasteiger partial charge in [0.05, 0.1) is 22.2 Å². The minimum atomic E-state index is -0.511. The largest absolute Gasteiger partial charge is 0.383 e. The van der Waals surface area contributed by atoms with Gasteiger partial charge in [-0.15, -0.1) is 0 Å². The van der Waals surface area contributed by atoms with Crippen molar-refractivity contribution in [1.29, 1.82) is 5.26 Å². The number of fused-ring (bicyclic) bond motifs is 1. The smallest absolute Gasteiger partial charge is 0.253 e. The van der Waals surface area contributed by atoms with E-state index in [1.54, 1.807) is 30.3 Å². The number of carbonyl (C=O) groups is 1. The Balaban J connectivity index is 1.50. The Bertz CT molecular complexity index is 969. The lowest BCUT2D eigenvalue weighted by Crippen LogP contribution is -2.52. The van der Waals surface area contributed by atoms with Crippen LogP contribution in [-0.4, -0.2) is 35.4 Å². The van der Waals surface area contributed by atoms with Gasteiger partial charge in [0.25, 0.3) is 5.91 Å². The molecule has 4 rings (SSSR count). The monoisotopic (exact) mass is 379 g/mol. The molecule has 3 N–H and O–H groups in total. The first-order valence-electron chi connectivity index (χ1n) is 8.73. The maximum absolute atomic E-state index is 12.7. The summed E-state index contributed by atoms with van der Waals surface area (Å²) in [5.41, 5.74) is 8.41. The molecule has 2 heterocycles. The quantitative estimate of drug-likeness (QED) is 0.796. The highest BCUT2D eigenvalue weighted by atomic mass is 35.5. The molecule has 7 heteroatoms. The van der Waals surface area contributed by atoms with Gasteiger partial charge in [0, 0.05) is 37.2 Å². The number of rotatable bonds is 1. The van der Waals surface area contributed by atoms with Gasteiger partial charge in [0.1, 0.15) is 11.5 Å². The molecule has 0 saturated carbocycles. The highest BCUT2D eigenvalue weighted by Crippen LogP contribution is 2.36. The summed E-state index contributed by atoms with van der Waals surface area (Å²) in [6, 6.07) is 14.4. The molecule has 0 radical (unpaired) electrons. The number of hydrogen-bond acceptors (Lipinski definition) is 5. The Kier molecular flexibility index (Phi) is 4.25. The zero-order valence-electron chi connectivity index (χ0n) is 14.6. The molecule has 6 nitrogen and oxygen atoms in total. The second-order valence-electron chi connectivity index (χ2n) is 6.80. The van der Waals surface area contributed by atoms with Crippen molar-refractivity contribution in [3.63, 3.8) is 0 Å². The van der Waals surface area contributed by atoms with Crippen molar-refractivity contribution >= 4 is 29.0 Å².